The lowest BCUT2D eigenvalue weighted by atomic mass is 9.79. The van der Waals surface area contributed by atoms with Crippen molar-refractivity contribution in [1.29, 1.82) is 0 Å². The van der Waals surface area contributed by atoms with Gasteiger partial charge >= 0.3 is 0 Å². The van der Waals surface area contributed by atoms with E-state index in [1.807, 2.05) is 0 Å². The van der Waals surface area contributed by atoms with E-state index in [9.17, 15) is 4.79 Å². The van der Waals surface area contributed by atoms with Crippen molar-refractivity contribution in [1.82, 2.24) is 10.2 Å². The number of aromatic nitrogens is 2. The highest BCUT2D eigenvalue weighted by Crippen LogP contribution is 2.30. The summed E-state index contributed by atoms with van der Waals surface area (Å²) in [6.07, 6.45) is 4.17. The van der Waals surface area contributed by atoms with E-state index in [0.717, 1.165) is 25.7 Å². The number of nitrogens with one attached hydrogen (secondary N) is 1. The number of nitrogens with zero attached hydrogens (tertiary/aromatic N) is 2. The van der Waals surface area contributed by atoms with Crippen molar-refractivity contribution in [2.24, 2.45) is 17.6 Å². The second-order valence-electron chi connectivity index (χ2n) is 4.62. The lowest BCUT2D eigenvalue weighted by Gasteiger charge is -2.29. The Kier molecular flexibility index (Phi) is 4.49. The molecule has 0 aromatic carbocycles. The van der Waals surface area contributed by atoms with E-state index in [4.69, 9.17) is 17.3 Å². The highest BCUT2D eigenvalue weighted by molar-refractivity contribution is 6.29. The molecule has 0 saturated heterocycles. The Hall–Kier alpha value is -1.20. The van der Waals surface area contributed by atoms with Gasteiger partial charge in [-0.3, -0.25) is 4.79 Å². The van der Waals surface area contributed by atoms with Crippen molar-refractivity contribution in [2.45, 2.75) is 25.7 Å². The number of halogens is 1. The Morgan fingerprint density at radius 2 is 2.17 bits per heavy atom. The molecule has 0 aliphatic heterocycles. The van der Waals surface area contributed by atoms with Crippen LogP contribution in [0.4, 0.5) is 5.82 Å². The first-order valence-electron chi connectivity index (χ1n) is 6.21. The van der Waals surface area contributed by atoms with E-state index >= 15 is 0 Å². The van der Waals surface area contributed by atoms with Crippen LogP contribution >= 0.6 is 11.6 Å². The van der Waals surface area contributed by atoms with Gasteiger partial charge in [0, 0.05) is 5.92 Å². The van der Waals surface area contributed by atoms with E-state index in [2.05, 4.69) is 15.5 Å². The van der Waals surface area contributed by atoms with Crippen molar-refractivity contribution in [3.8, 4) is 0 Å². The molecule has 1 aromatic heterocycles. The van der Waals surface area contributed by atoms with Gasteiger partial charge in [-0.2, -0.15) is 0 Å². The van der Waals surface area contributed by atoms with Crippen molar-refractivity contribution >= 4 is 23.3 Å². The summed E-state index contributed by atoms with van der Waals surface area (Å²) in [7, 11) is 0. The van der Waals surface area contributed by atoms with Gasteiger partial charge in [0.2, 0.25) is 5.91 Å². The molecule has 2 rings (SSSR count). The molecule has 0 radical (unpaired) electrons. The fraction of sp³-hybridized carbons (Fsp3) is 0.583. The predicted octanol–water partition coefficient (Wildman–Crippen LogP) is 1.83. The van der Waals surface area contributed by atoms with Gasteiger partial charge in [-0.15, -0.1) is 10.2 Å². The van der Waals surface area contributed by atoms with E-state index in [1.165, 1.54) is 0 Å². The summed E-state index contributed by atoms with van der Waals surface area (Å²) in [4.78, 5) is 12.2. The van der Waals surface area contributed by atoms with E-state index in [-0.39, 0.29) is 17.7 Å². The van der Waals surface area contributed by atoms with E-state index < -0.39 is 0 Å². The van der Waals surface area contributed by atoms with Gasteiger partial charge in [0.05, 0.1) is 0 Å². The fourth-order valence-electron chi connectivity index (χ4n) is 2.44. The number of amides is 1. The Balaban J connectivity index is 2.00. The molecule has 1 heterocycles. The maximum absolute atomic E-state index is 12.2. The van der Waals surface area contributed by atoms with Crippen LogP contribution in [0.1, 0.15) is 25.7 Å². The van der Waals surface area contributed by atoms with Gasteiger partial charge in [-0.05, 0) is 37.4 Å². The standard InChI is InChI=1S/C12H17ClN4O/c13-10-5-6-11(17-16-10)15-12(18)9-4-2-1-3-8(9)7-14/h5-6,8-9H,1-4,7,14H2,(H,15,17,18). The van der Waals surface area contributed by atoms with Crippen LogP contribution in [-0.2, 0) is 4.79 Å². The van der Waals surface area contributed by atoms with Crippen LogP contribution in [0, 0.1) is 11.8 Å². The van der Waals surface area contributed by atoms with Crippen LogP contribution < -0.4 is 11.1 Å². The normalized spacial score (nSPS) is 23.7. The van der Waals surface area contributed by atoms with Crippen molar-refractivity contribution in [2.75, 3.05) is 11.9 Å². The quantitative estimate of drug-likeness (QED) is 0.876. The predicted molar refractivity (Wildman–Crippen MR) is 70.2 cm³/mol. The van der Waals surface area contributed by atoms with Crippen LogP contribution in [-0.4, -0.2) is 22.6 Å². The van der Waals surface area contributed by atoms with Crippen LogP contribution in [0.25, 0.3) is 0 Å². The molecule has 1 fully saturated rings. The van der Waals surface area contributed by atoms with Gasteiger partial charge in [-0.25, -0.2) is 0 Å². The molecule has 1 aliphatic carbocycles. The molecular weight excluding hydrogens is 252 g/mol. The second-order valence-corrected chi connectivity index (χ2v) is 5.00. The molecule has 98 valence electrons. The zero-order chi connectivity index (χ0) is 13.0. The molecule has 1 saturated carbocycles. The summed E-state index contributed by atoms with van der Waals surface area (Å²) >= 11 is 5.64. The highest BCUT2D eigenvalue weighted by atomic mass is 35.5. The van der Waals surface area contributed by atoms with Crippen LogP contribution in [0.5, 0.6) is 0 Å². The van der Waals surface area contributed by atoms with Crippen LogP contribution in [0.2, 0.25) is 5.15 Å². The molecule has 1 amide bonds. The van der Waals surface area contributed by atoms with E-state index in [0.29, 0.717) is 17.5 Å². The monoisotopic (exact) mass is 268 g/mol. The molecular formula is C12H17ClN4O. The first-order valence-corrected chi connectivity index (χ1v) is 6.58. The summed E-state index contributed by atoms with van der Waals surface area (Å²) in [5.41, 5.74) is 5.72. The smallest absolute Gasteiger partial charge is 0.229 e. The molecule has 0 bridgehead atoms. The van der Waals surface area contributed by atoms with Gasteiger partial charge in [0.15, 0.2) is 11.0 Å². The fourth-order valence-corrected chi connectivity index (χ4v) is 2.54. The van der Waals surface area contributed by atoms with Crippen molar-refractivity contribution in [3.63, 3.8) is 0 Å². The first-order chi connectivity index (χ1) is 8.70. The summed E-state index contributed by atoms with van der Waals surface area (Å²) in [6, 6.07) is 3.25. The minimum atomic E-state index is -0.0128. The van der Waals surface area contributed by atoms with Gasteiger partial charge in [0.1, 0.15) is 0 Å². The molecule has 2 atom stereocenters. The number of nitrogens with two attached hydrogens (primary N) is 1. The molecule has 18 heavy (non-hydrogen) atoms. The molecule has 3 N–H and O–H groups in total. The molecule has 1 aromatic rings. The number of rotatable bonds is 3. The second kappa shape index (κ2) is 6.11. The lowest BCUT2D eigenvalue weighted by molar-refractivity contribution is -0.122. The maximum Gasteiger partial charge on any atom is 0.229 e. The Morgan fingerprint density at radius 1 is 1.39 bits per heavy atom. The molecule has 5 nitrogen and oxygen atoms in total. The number of hydrogen-bond acceptors (Lipinski definition) is 4. The van der Waals surface area contributed by atoms with E-state index in [1.54, 1.807) is 12.1 Å². The average Bonchev–Trinajstić information content (AvgIpc) is 2.41. The van der Waals surface area contributed by atoms with Crippen molar-refractivity contribution in [3.05, 3.63) is 17.3 Å². The summed E-state index contributed by atoms with van der Waals surface area (Å²) in [5, 5.41) is 10.6. The largest absolute Gasteiger partial charge is 0.330 e. The number of hydrogen-bond donors (Lipinski definition) is 2. The average molecular weight is 269 g/mol. The van der Waals surface area contributed by atoms with Crippen molar-refractivity contribution < 1.29 is 4.79 Å². The minimum Gasteiger partial charge on any atom is -0.330 e. The third-order valence-electron chi connectivity index (χ3n) is 3.43. The number of carbonyl (C=O) groups excluding carboxylic acids is 1. The Morgan fingerprint density at radius 3 is 2.83 bits per heavy atom. The van der Waals surface area contributed by atoms with Gasteiger partial charge < -0.3 is 11.1 Å². The zero-order valence-electron chi connectivity index (χ0n) is 10.1. The third-order valence-corrected chi connectivity index (χ3v) is 3.63. The van der Waals surface area contributed by atoms with Crippen LogP contribution in [0.15, 0.2) is 12.1 Å². The lowest BCUT2D eigenvalue weighted by Crippen LogP contribution is -2.35. The van der Waals surface area contributed by atoms with Gasteiger partial charge in [-0.1, -0.05) is 24.4 Å². The molecule has 6 heteroatoms. The third kappa shape index (κ3) is 3.17. The van der Waals surface area contributed by atoms with Gasteiger partial charge in [0.25, 0.3) is 0 Å². The summed E-state index contributed by atoms with van der Waals surface area (Å²) in [5.74, 6) is 0.688. The zero-order valence-corrected chi connectivity index (χ0v) is 10.9. The first kappa shape index (κ1) is 13.2. The minimum absolute atomic E-state index is 0.0122. The summed E-state index contributed by atoms with van der Waals surface area (Å²) in [6.45, 7) is 0.560. The molecule has 2 unspecified atom stereocenters. The van der Waals surface area contributed by atoms with Crippen LogP contribution in [0.3, 0.4) is 0 Å². The molecule has 0 spiro atoms. The molecule has 1 aliphatic rings. The summed E-state index contributed by atoms with van der Waals surface area (Å²) < 4.78 is 0. The topological polar surface area (TPSA) is 80.9 Å². The number of carbonyl (C=O) groups is 1. The Bertz CT molecular complexity index is 409. The number of anilines is 1. The maximum atomic E-state index is 12.2. The Labute approximate surface area is 111 Å². The SMILES string of the molecule is NCC1CCCCC1C(=O)Nc1ccc(Cl)nn1. The highest BCUT2D eigenvalue weighted by Gasteiger charge is 2.30.